The summed E-state index contributed by atoms with van der Waals surface area (Å²) in [5.41, 5.74) is 12.4. The Balaban J connectivity index is 1.12. The van der Waals surface area contributed by atoms with E-state index in [0.29, 0.717) is 17.6 Å². The molecule has 0 unspecified atom stereocenters. The van der Waals surface area contributed by atoms with Crippen molar-refractivity contribution in [3.8, 4) is 40.1 Å². The molecule has 0 atom stereocenters. The fourth-order valence-corrected chi connectivity index (χ4v) is 8.57. The Morgan fingerprint density at radius 3 is 1.32 bits per heavy atom. The average Bonchev–Trinajstić information content (AvgIpc) is 3.91. The van der Waals surface area contributed by atoms with Crippen LogP contribution in [0.2, 0.25) is 0 Å². The lowest BCUT2D eigenvalue weighted by molar-refractivity contribution is 0.953. The Hall–Kier alpha value is -7.90. The second-order valence-corrected chi connectivity index (χ2v) is 14.3. The number of pyridine rings is 1. The van der Waals surface area contributed by atoms with E-state index in [-0.39, 0.29) is 0 Å². The number of aromatic nitrogens is 7. The van der Waals surface area contributed by atoms with Crippen LogP contribution in [0.25, 0.3) is 106 Å². The summed E-state index contributed by atoms with van der Waals surface area (Å²) in [5.74, 6) is 1.82. The first kappa shape index (κ1) is 31.5. The first-order chi connectivity index (χ1) is 28.3. The van der Waals surface area contributed by atoms with E-state index in [1.54, 1.807) is 0 Å². The third kappa shape index (κ3) is 4.79. The molecule has 57 heavy (non-hydrogen) atoms. The van der Waals surface area contributed by atoms with Crippen molar-refractivity contribution in [3.05, 3.63) is 188 Å². The number of nitrogens with zero attached hydrogens (tertiary/aromatic N) is 7. The van der Waals surface area contributed by atoms with Crippen LogP contribution in [0.1, 0.15) is 0 Å². The van der Waals surface area contributed by atoms with Gasteiger partial charge < -0.3 is 9.13 Å². The molecule has 0 saturated carbocycles. The van der Waals surface area contributed by atoms with Gasteiger partial charge in [-0.1, -0.05) is 133 Å². The molecule has 7 nitrogen and oxygen atoms in total. The fourth-order valence-electron chi connectivity index (χ4n) is 8.57. The molecule has 0 aliphatic rings. The van der Waals surface area contributed by atoms with Gasteiger partial charge in [-0.15, -0.1) is 0 Å². The molecule has 12 aromatic rings. The highest BCUT2D eigenvalue weighted by molar-refractivity contribution is 6.16. The van der Waals surface area contributed by atoms with E-state index in [1.165, 1.54) is 0 Å². The van der Waals surface area contributed by atoms with E-state index in [9.17, 15) is 0 Å². The van der Waals surface area contributed by atoms with Crippen molar-refractivity contribution in [1.29, 1.82) is 0 Å². The number of hydrogen-bond donors (Lipinski definition) is 0. The molecule has 12 rings (SSSR count). The predicted octanol–water partition coefficient (Wildman–Crippen LogP) is 11.9. The Morgan fingerprint density at radius 2 is 0.737 bits per heavy atom. The molecule has 7 aromatic carbocycles. The molecule has 5 aromatic heterocycles. The van der Waals surface area contributed by atoms with Gasteiger partial charge in [-0.2, -0.15) is 9.97 Å². The van der Waals surface area contributed by atoms with Gasteiger partial charge in [0.15, 0.2) is 11.6 Å². The zero-order valence-corrected chi connectivity index (χ0v) is 30.5. The monoisotopic (exact) mass is 729 g/mol. The van der Waals surface area contributed by atoms with Crippen LogP contribution < -0.4 is 0 Å². The van der Waals surface area contributed by atoms with Crippen LogP contribution in [-0.4, -0.2) is 33.6 Å². The quantitative estimate of drug-likeness (QED) is 0.177. The van der Waals surface area contributed by atoms with Crippen LogP contribution >= 0.6 is 0 Å². The molecule has 0 fully saturated rings. The molecule has 0 amide bonds. The zero-order valence-electron chi connectivity index (χ0n) is 30.5. The van der Waals surface area contributed by atoms with Crippen LogP contribution in [0.4, 0.5) is 0 Å². The number of hydrogen-bond acceptors (Lipinski definition) is 4. The van der Waals surface area contributed by atoms with E-state index in [4.69, 9.17) is 19.9 Å². The van der Waals surface area contributed by atoms with Crippen LogP contribution in [0.15, 0.2) is 188 Å². The standard InChI is InChI=1S/C50H31N7/c1-4-16-32(17-5-1)48-52-49(33-18-6-2-7-19-33)54-50(53-48)57-40-25-13-10-22-36(40)39-30-35(28-29-43(39)57)56-42-27-15-12-24-38(42)47-45(56)31-44-46(51-47)37-23-11-14-26-41(37)55(44)34-20-8-3-9-21-34/h1-31H. The van der Waals surface area contributed by atoms with E-state index < -0.39 is 0 Å². The SMILES string of the molecule is c1ccc(-c2nc(-c3ccccc3)nc(-n3c4ccccc4c4cc(-n5c6ccccc6c6nc7c8ccccc8n(-c8ccccc8)c7cc65)ccc43)n2)cc1. The summed E-state index contributed by atoms with van der Waals surface area (Å²) in [6, 6.07) is 65.5. The van der Waals surface area contributed by atoms with Gasteiger partial charge in [0.1, 0.15) is 0 Å². The molecule has 0 radical (unpaired) electrons. The van der Waals surface area contributed by atoms with E-state index in [1.807, 2.05) is 60.7 Å². The maximum Gasteiger partial charge on any atom is 0.238 e. The second-order valence-electron chi connectivity index (χ2n) is 14.3. The van der Waals surface area contributed by atoms with Crippen LogP contribution in [-0.2, 0) is 0 Å². The summed E-state index contributed by atoms with van der Waals surface area (Å²) in [4.78, 5) is 20.7. The minimum absolute atomic E-state index is 0.568. The highest BCUT2D eigenvalue weighted by atomic mass is 15.2. The van der Waals surface area contributed by atoms with E-state index in [2.05, 4.69) is 141 Å². The smallest absolute Gasteiger partial charge is 0.238 e. The van der Waals surface area contributed by atoms with Crippen molar-refractivity contribution in [2.75, 3.05) is 0 Å². The number of benzene rings is 7. The Labute approximate surface area is 326 Å². The van der Waals surface area contributed by atoms with Gasteiger partial charge in [-0.05, 0) is 54.6 Å². The molecule has 0 bridgehead atoms. The van der Waals surface area contributed by atoms with Crippen LogP contribution in [0, 0.1) is 0 Å². The van der Waals surface area contributed by atoms with Gasteiger partial charge in [0.05, 0.1) is 44.1 Å². The minimum Gasteiger partial charge on any atom is -0.308 e. The topological polar surface area (TPSA) is 66.3 Å². The maximum atomic E-state index is 5.48. The van der Waals surface area contributed by atoms with Gasteiger partial charge in [0.25, 0.3) is 0 Å². The molecular weight excluding hydrogens is 699 g/mol. The Morgan fingerprint density at radius 1 is 0.281 bits per heavy atom. The molecule has 5 heterocycles. The van der Waals surface area contributed by atoms with Crippen molar-refractivity contribution < 1.29 is 0 Å². The van der Waals surface area contributed by atoms with Crippen molar-refractivity contribution >= 4 is 65.7 Å². The highest BCUT2D eigenvalue weighted by Gasteiger charge is 2.22. The van der Waals surface area contributed by atoms with Crippen molar-refractivity contribution in [2.45, 2.75) is 0 Å². The molecule has 7 heteroatoms. The third-order valence-electron chi connectivity index (χ3n) is 11.1. The molecule has 0 saturated heterocycles. The van der Waals surface area contributed by atoms with Crippen molar-refractivity contribution in [1.82, 2.24) is 33.6 Å². The molecular formula is C50H31N7. The van der Waals surface area contributed by atoms with Crippen LogP contribution in [0.3, 0.4) is 0 Å². The first-order valence-corrected chi connectivity index (χ1v) is 19.1. The summed E-state index contributed by atoms with van der Waals surface area (Å²) in [7, 11) is 0. The highest BCUT2D eigenvalue weighted by Crippen LogP contribution is 2.39. The lowest BCUT2D eigenvalue weighted by Gasteiger charge is -2.12. The van der Waals surface area contributed by atoms with Crippen LogP contribution in [0.5, 0.6) is 0 Å². The number of fused-ring (bicyclic) bond motifs is 9. The van der Waals surface area contributed by atoms with Gasteiger partial charge in [-0.25, -0.2) is 9.97 Å². The van der Waals surface area contributed by atoms with E-state index >= 15 is 0 Å². The first-order valence-electron chi connectivity index (χ1n) is 19.1. The zero-order chi connectivity index (χ0) is 37.5. The minimum atomic E-state index is 0.568. The number of para-hydroxylation sites is 4. The van der Waals surface area contributed by atoms with Gasteiger partial charge in [-0.3, -0.25) is 4.57 Å². The molecule has 0 N–H and O–H groups in total. The Bertz CT molecular complexity index is 3450. The Kier molecular flexibility index (Phi) is 6.79. The normalized spacial score (nSPS) is 11.9. The van der Waals surface area contributed by atoms with E-state index in [0.717, 1.165) is 88.2 Å². The lowest BCUT2D eigenvalue weighted by atomic mass is 10.1. The molecule has 0 aliphatic heterocycles. The van der Waals surface area contributed by atoms with Gasteiger partial charge >= 0.3 is 0 Å². The van der Waals surface area contributed by atoms with Crippen molar-refractivity contribution in [3.63, 3.8) is 0 Å². The summed E-state index contributed by atoms with van der Waals surface area (Å²) < 4.78 is 6.86. The predicted molar refractivity (Wildman–Crippen MR) is 232 cm³/mol. The third-order valence-corrected chi connectivity index (χ3v) is 11.1. The summed E-state index contributed by atoms with van der Waals surface area (Å²) >= 11 is 0. The fraction of sp³-hybridized carbons (Fsp3) is 0. The largest absolute Gasteiger partial charge is 0.308 e. The maximum absolute atomic E-state index is 5.48. The number of rotatable bonds is 5. The second kappa shape index (κ2) is 12.3. The average molecular weight is 730 g/mol. The molecule has 0 spiro atoms. The van der Waals surface area contributed by atoms with Crippen molar-refractivity contribution in [2.24, 2.45) is 0 Å². The van der Waals surface area contributed by atoms with Gasteiger partial charge in [0.2, 0.25) is 5.95 Å². The molecule has 266 valence electrons. The van der Waals surface area contributed by atoms with Gasteiger partial charge in [0, 0.05) is 44.0 Å². The summed E-state index contributed by atoms with van der Waals surface area (Å²) in [6.07, 6.45) is 0. The summed E-state index contributed by atoms with van der Waals surface area (Å²) in [6.45, 7) is 0. The molecule has 0 aliphatic carbocycles. The lowest BCUT2D eigenvalue weighted by Crippen LogP contribution is -2.06. The summed E-state index contributed by atoms with van der Waals surface area (Å²) in [5, 5.41) is 4.46.